The van der Waals surface area contributed by atoms with Gasteiger partial charge in [-0.3, -0.25) is 34.4 Å². The van der Waals surface area contributed by atoms with Gasteiger partial charge < -0.3 is 9.42 Å². The van der Waals surface area contributed by atoms with E-state index in [1.807, 2.05) is 36.4 Å². The summed E-state index contributed by atoms with van der Waals surface area (Å²) >= 11 is 0. The molecule has 1 fully saturated rings. The van der Waals surface area contributed by atoms with Crippen LogP contribution in [-0.4, -0.2) is 61.1 Å². The lowest BCUT2D eigenvalue weighted by Crippen LogP contribution is -2.55. The molecule has 0 bridgehead atoms. The monoisotopic (exact) mass is 498 g/mol. The number of pyridine rings is 1. The molecule has 11 heteroatoms. The van der Waals surface area contributed by atoms with Gasteiger partial charge >= 0.3 is 0 Å². The van der Waals surface area contributed by atoms with Gasteiger partial charge in [-0.1, -0.05) is 29.4 Å². The second kappa shape index (κ2) is 9.08. The third-order valence-corrected chi connectivity index (χ3v) is 6.79. The minimum Gasteiger partial charge on any atom is -0.357 e. The Bertz CT molecular complexity index is 1460. The maximum atomic E-state index is 13.3. The number of rotatable bonds is 5. The van der Waals surface area contributed by atoms with Crippen molar-refractivity contribution in [1.29, 1.82) is 0 Å². The van der Waals surface area contributed by atoms with Gasteiger partial charge in [0.15, 0.2) is 0 Å². The van der Waals surface area contributed by atoms with Crippen LogP contribution in [0, 0.1) is 0 Å². The second-order valence-electron chi connectivity index (χ2n) is 9.13. The molecule has 3 aliphatic heterocycles. The van der Waals surface area contributed by atoms with Crippen molar-refractivity contribution in [3.8, 4) is 22.5 Å². The first-order chi connectivity index (χ1) is 18.0. The van der Waals surface area contributed by atoms with Gasteiger partial charge in [0, 0.05) is 42.1 Å². The molecule has 2 aromatic heterocycles. The zero-order chi connectivity index (χ0) is 25.5. The summed E-state index contributed by atoms with van der Waals surface area (Å²) in [5, 5.41) is 6.34. The summed E-state index contributed by atoms with van der Waals surface area (Å²) in [4.78, 5) is 61.8. The fourth-order valence-corrected chi connectivity index (χ4v) is 5.03. The Balaban J connectivity index is 1.22. The van der Waals surface area contributed by atoms with E-state index in [1.165, 1.54) is 0 Å². The lowest BCUT2D eigenvalue weighted by molar-refractivity contribution is -0.150. The molecule has 1 saturated heterocycles. The number of carbonyl (C=O) groups excluding carboxylic acids is 4. The number of hydrogen-bond donors (Lipinski definition) is 1. The van der Waals surface area contributed by atoms with Gasteiger partial charge in [-0.15, -0.1) is 0 Å². The molecule has 1 unspecified atom stereocenters. The first-order valence-electron chi connectivity index (χ1n) is 12.0. The predicted molar refractivity (Wildman–Crippen MR) is 128 cm³/mol. The van der Waals surface area contributed by atoms with Crippen LogP contribution in [0.5, 0.6) is 0 Å². The highest BCUT2D eigenvalue weighted by atomic mass is 16.5. The fraction of sp³-hybridized carbons (Fsp3) is 0.269. The molecule has 1 aromatic carbocycles. The molecule has 6 rings (SSSR count). The highest BCUT2D eigenvalue weighted by Gasteiger charge is 2.48. The third-order valence-electron chi connectivity index (χ3n) is 6.79. The maximum absolute atomic E-state index is 13.3. The molecule has 37 heavy (non-hydrogen) atoms. The van der Waals surface area contributed by atoms with Crippen molar-refractivity contribution in [2.75, 3.05) is 6.54 Å². The van der Waals surface area contributed by atoms with Gasteiger partial charge in [-0.05, 0) is 37.0 Å². The molecule has 3 aliphatic rings. The standard InChI is InChI=1S/C26H22N6O5/c33-20-9-8-19(24(34)28-20)32-25(35)18-7-3-11-31(22(18)26(32)36)14-21-29-23(30-37-21)16-5-1-4-15(12-16)17-6-2-10-27-13-17/h1-2,4-6,10,12-13,19H,3,7-9,11,14H2,(H,28,33,34). The highest BCUT2D eigenvalue weighted by molar-refractivity contribution is 6.21. The Kier molecular flexibility index (Phi) is 5.59. The topological polar surface area (TPSA) is 139 Å². The van der Waals surface area contributed by atoms with Crippen molar-refractivity contribution in [2.24, 2.45) is 0 Å². The number of benzene rings is 1. The second-order valence-corrected chi connectivity index (χ2v) is 9.13. The summed E-state index contributed by atoms with van der Waals surface area (Å²) in [5.41, 5.74) is 3.34. The quantitative estimate of drug-likeness (QED) is 0.522. The molecule has 0 saturated carbocycles. The van der Waals surface area contributed by atoms with Crippen LogP contribution >= 0.6 is 0 Å². The van der Waals surface area contributed by atoms with Crippen LogP contribution in [0.25, 0.3) is 22.5 Å². The van der Waals surface area contributed by atoms with Crippen molar-refractivity contribution in [3.63, 3.8) is 0 Å². The van der Waals surface area contributed by atoms with E-state index in [4.69, 9.17) is 4.52 Å². The van der Waals surface area contributed by atoms with Gasteiger partial charge in [0.25, 0.3) is 11.8 Å². The van der Waals surface area contributed by atoms with Crippen molar-refractivity contribution in [3.05, 3.63) is 66.0 Å². The van der Waals surface area contributed by atoms with E-state index in [-0.39, 0.29) is 25.1 Å². The maximum Gasteiger partial charge on any atom is 0.278 e. The average Bonchev–Trinajstić information content (AvgIpc) is 3.48. The lowest BCUT2D eigenvalue weighted by atomic mass is 10.0. The Morgan fingerprint density at radius 2 is 1.84 bits per heavy atom. The Hall–Kier alpha value is -4.67. The zero-order valence-corrected chi connectivity index (χ0v) is 19.7. The van der Waals surface area contributed by atoms with Crippen LogP contribution in [0.15, 0.2) is 64.6 Å². The summed E-state index contributed by atoms with van der Waals surface area (Å²) < 4.78 is 5.50. The van der Waals surface area contributed by atoms with Crippen LogP contribution in [0.4, 0.5) is 0 Å². The van der Waals surface area contributed by atoms with E-state index < -0.39 is 29.7 Å². The Labute approximate surface area is 211 Å². The van der Waals surface area contributed by atoms with Crippen molar-refractivity contribution in [2.45, 2.75) is 38.3 Å². The van der Waals surface area contributed by atoms with Crippen molar-refractivity contribution >= 4 is 23.6 Å². The number of aromatic nitrogens is 3. The molecule has 1 atom stereocenters. The minimum atomic E-state index is -0.993. The van der Waals surface area contributed by atoms with Gasteiger partial charge in [0.05, 0.1) is 6.54 Å². The molecular weight excluding hydrogens is 476 g/mol. The van der Waals surface area contributed by atoms with Crippen LogP contribution in [0.2, 0.25) is 0 Å². The van der Waals surface area contributed by atoms with Crippen LogP contribution in [0.1, 0.15) is 31.6 Å². The van der Waals surface area contributed by atoms with Crippen LogP contribution in [0.3, 0.4) is 0 Å². The highest BCUT2D eigenvalue weighted by Crippen LogP contribution is 2.35. The molecule has 0 radical (unpaired) electrons. The molecule has 0 spiro atoms. The molecule has 1 N–H and O–H groups in total. The smallest absolute Gasteiger partial charge is 0.278 e. The van der Waals surface area contributed by atoms with Crippen molar-refractivity contribution in [1.82, 2.24) is 30.2 Å². The lowest BCUT2D eigenvalue weighted by Gasteiger charge is -2.29. The predicted octanol–water partition coefficient (Wildman–Crippen LogP) is 1.82. The van der Waals surface area contributed by atoms with Gasteiger partial charge in [-0.25, -0.2) is 0 Å². The largest absolute Gasteiger partial charge is 0.357 e. The van der Waals surface area contributed by atoms with Gasteiger partial charge in [0.1, 0.15) is 11.7 Å². The summed E-state index contributed by atoms with van der Waals surface area (Å²) in [6, 6.07) is 10.5. The summed E-state index contributed by atoms with van der Waals surface area (Å²) in [5.74, 6) is -1.32. The third kappa shape index (κ3) is 4.07. The number of nitrogens with zero attached hydrogens (tertiary/aromatic N) is 5. The van der Waals surface area contributed by atoms with Gasteiger partial charge in [-0.2, -0.15) is 4.98 Å². The minimum absolute atomic E-state index is 0.0780. The normalized spacial score (nSPS) is 19.9. The van der Waals surface area contributed by atoms with E-state index in [0.29, 0.717) is 36.7 Å². The Morgan fingerprint density at radius 3 is 2.65 bits per heavy atom. The number of hydrogen-bond acceptors (Lipinski definition) is 9. The molecule has 3 aromatic rings. The average molecular weight is 498 g/mol. The number of imide groups is 2. The van der Waals surface area contributed by atoms with E-state index in [2.05, 4.69) is 20.4 Å². The first kappa shape index (κ1) is 22.8. The molecule has 0 aliphatic carbocycles. The van der Waals surface area contributed by atoms with E-state index in [9.17, 15) is 19.2 Å². The summed E-state index contributed by atoms with van der Waals surface area (Å²) in [6.07, 6.45) is 4.79. The summed E-state index contributed by atoms with van der Waals surface area (Å²) in [7, 11) is 0. The summed E-state index contributed by atoms with van der Waals surface area (Å²) in [6.45, 7) is 0.672. The van der Waals surface area contributed by atoms with Crippen molar-refractivity contribution < 1.29 is 23.7 Å². The number of piperidine rings is 1. The molecular formula is C26H22N6O5. The molecule has 11 nitrogen and oxygen atoms in total. The van der Waals surface area contributed by atoms with Crippen LogP contribution < -0.4 is 5.32 Å². The number of carbonyl (C=O) groups is 4. The van der Waals surface area contributed by atoms with E-state index in [0.717, 1.165) is 21.6 Å². The Morgan fingerprint density at radius 1 is 1.00 bits per heavy atom. The van der Waals surface area contributed by atoms with E-state index >= 15 is 0 Å². The molecule has 5 heterocycles. The van der Waals surface area contributed by atoms with Crippen LogP contribution in [-0.2, 0) is 25.7 Å². The fourth-order valence-electron chi connectivity index (χ4n) is 5.03. The SMILES string of the molecule is O=C1CCC(N2C(=O)C3=C(C2=O)N(Cc2nc(-c4cccc(-c5cccnc5)c4)no2)CCC3)C(=O)N1. The number of nitrogens with one attached hydrogen (secondary N) is 1. The zero-order valence-electron chi connectivity index (χ0n) is 19.7. The molecule has 4 amide bonds. The van der Waals surface area contributed by atoms with Gasteiger partial charge in [0.2, 0.25) is 23.5 Å². The first-order valence-corrected chi connectivity index (χ1v) is 12.0. The molecule has 186 valence electrons. The number of amides is 4. The van der Waals surface area contributed by atoms with E-state index in [1.54, 1.807) is 17.3 Å².